The Morgan fingerprint density at radius 2 is 1.77 bits per heavy atom. The van der Waals surface area contributed by atoms with Gasteiger partial charge in [-0.15, -0.1) is 5.06 Å². The molecular formula is C22H32BNO6. The fourth-order valence-electron chi connectivity index (χ4n) is 4.02. The first-order valence-electron chi connectivity index (χ1n) is 10.6. The number of benzene rings is 1. The molecular weight excluding hydrogens is 385 g/mol. The van der Waals surface area contributed by atoms with E-state index in [9.17, 15) is 9.59 Å². The van der Waals surface area contributed by atoms with Gasteiger partial charge in [-0.3, -0.25) is 4.79 Å². The second-order valence-electron chi connectivity index (χ2n) is 9.02. The minimum absolute atomic E-state index is 0.0449. The Labute approximate surface area is 179 Å². The summed E-state index contributed by atoms with van der Waals surface area (Å²) in [5.74, 6) is -0.806. The molecule has 0 spiro atoms. The van der Waals surface area contributed by atoms with E-state index in [0.717, 1.165) is 25.6 Å². The first-order valence-corrected chi connectivity index (χ1v) is 10.6. The Hall–Kier alpha value is -1.90. The van der Waals surface area contributed by atoms with Gasteiger partial charge < -0.3 is 18.9 Å². The Balaban J connectivity index is 1.56. The number of hydrogen-bond donors (Lipinski definition) is 0. The highest BCUT2D eigenvalue weighted by Gasteiger charge is 2.50. The largest absolute Gasteiger partial charge is 0.468 e. The molecule has 0 unspecified atom stereocenters. The lowest BCUT2D eigenvalue weighted by molar-refractivity contribution is -0.169. The molecule has 0 radical (unpaired) electrons. The van der Waals surface area contributed by atoms with Gasteiger partial charge in [0.1, 0.15) is 6.04 Å². The van der Waals surface area contributed by atoms with Crippen LogP contribution in [0.15, 0.2) is 30.3 Å². The van der Waals surface area contributed by atoms with Crippen LogP contribution in [-0.4, -0.2) is 55.0 Å². The highest BCUT2D eigenvalue weighted by atomic mass is 16.7. The molecule has 1 aromatic rings. The summed E-state index contributed by atoms with van der Waals surface area (Å²) in [6.45, 7) is 8.65. The average molecular weight is 417 g/mol. The van der Waals surface area contributed by atoms with E-state index >= 15 is 0 Å². The predicted molar refractivity (Wildman–Crippen MR) is 113 cm³/mol. The van der Waals surface area contributed by atoms with Gasteiger partial charge in [0, 0.05) is 6.54 Å². The molecule has 0 bridgehead atoms. The molecule has 3 rings (SSSR count). The quantitative estimate of drug-likeness (QED) is 0.497. The zero-order valence-electron chi connectivity index (χ0n) is 18.6. The number of carbonyl (C=O) groups is 2. The minimum Gasteiger partial charge on any atom is -0.468 e. The molecule has 30 heavy (non-hydrogen) atoms. The van der Waals surface area contributed by atoms with Crippen molar-refractivity contribution < 1.29 is 28.5 Å². The number of carbonyl (C=O) groups excluding carboxylic acids is 2. The molecule has 8 heteroatoms. The van der Waals surface area contributed by atoms with Crippen LogP contribution in [0, 0.1) is 5.92 Å². The highest BCUT2D eigenvalue weighted by Crippen LogP contribution is 2.39. The van der Waals surface area contributed by atoms with Crippen LogP contribution in [0.4, 0.5) is 0 Å². The van der Waals surface area contributed by atoms with E-state index in [1.165, 1.54) is 12.2 Å². The van der Waals surface area contributed by atoms with Crippen LogP contribution in [0.3, 0.4) is 0 Å². The third kappa shape index (κ3) is 4.87. The number of hydrogen-bond acceptors (Lipinski definition) is 7. The summed E-state index contributed by atoms with van der Waals surface area (Å²) in [5, 5.41) is 1.47. The molecule has 7 nitrogen and oxygen atoms in total. The van der Waals surface area contributed by atoms with Gasteiger partial charge in [-0.25, -0.2) is 4.79 Å². The zero-order valence-corrected chi connectivity index (χ0v) is 18.6. The first-order chi connectivity index (χ1) is 14.1. The predicted octanol–water partition coefficient (Wildman–Crippen LogP) is 3.49. The van der Waals surface area contributed by atoms with E-state index in [2.05, 4.69) is 0 Å². The van der Waals surface area contributed by atoms with Gasteiger partial charge in [0.25, 0.3) is 0 Å². The minimum atomic E-state index is -0.596. The van der Waals surface area contributed by atoms with Gasteiger partial charge >= 0.3 is 19.1 Å². The van der Waals surface area contributed by atoms with Crippen LogP contribution in [0.25, 0.3) is 0 Å². The Morgan fingerprint density at radius 3 is 2.37 bits per heavy atom. The van der Waals surface area contributed by atoms with Crippen molar-refractivity contribution in [3.8, 4) is 0 Å². The zero-order chi connectivity index (χ0) is 21.9. The van der Waals surface area contributed by atoms with Crippen LogP contribution in [0.5, 0.6) is 0 Å². The summed E-state index contributed by atoms with van der Waals surface area (Å²) in [6.07, 6.45) is 3.14. The average Bonchev–Trinajstić information content (AvgIpc) is 3.18. The summed E-state index contributed by atoms with van der Waals surface area (Å²) in [4.78, 5) is 30.4. The van der Waals surface area contributed by atoms with E-state index in [4.69, 9.17) is 18.9 Å². The van der Waals surface area contributed by atoms with Gasteiger partial charge in [0.05, 0.1) is 23.9 Å². The topological polar surface area (TPSA) is 74.3 Å². The lowest BCUT2D eigenvalue weighted by Crippen LogP contribution is -2.41. The summed E-state index contributed by atoms with van der Waals surface area (Å²) in [5.41, 5.74) is -0.241. The second kappa shape index (κ2) is 9.08. The molecule has 0 N–H and O–H groups in total. The molecule has 2 saturated heterocycles. The second-order valence-corrected chi connectivity index (χ2v) is 9.02. The molecule has 2 atom stereocenters. The number of hydroxylamine groups is 2. The number of nitrogens with zero attached hydrogens (tertiary/aromatic N) is 1. The number of rotatable bonds is 7. The standard InChI is InChI=1S/C22H32BNO6/c1-21(2)22(3,4)30-23(29-21)14-9-12-16-13-15-24(18(16)20(26)27-5)28-19(25)17-10-7-6-8-11-17/h6-8,10-11,16,18H,9,12-15H2,1-5H3/t16-,18-/m0/s1. The number of esters is 1. The van der Waals surface area contributed by atoms with E-state index in [-0.39, 0.29) is 30.2 Å². The van der Waals surface area contributed by atoms with Gasteiger partial charge in [-0.05, 0) is 64.9 Å². The van der Waals surface area contributed by atoms with Crippen molar-refractivity contribution in [1.29, 1.82) is 0 Å². The third-order valence-corrected chi connectivity index (χ3v) is 6.45. The molecule has 2 fully saturated rings. The lowest BCUT2D eigenvalue weighted by atomic mass is 9.80. The molecule has 2 aliphatic rings. The molecule has 0 aromatic heterocycles. The van der Waals surface area contributed by atoms with Gasteiger partial charge in [0.2, 0.25) is 0 Å². The SMILES string of the molecule is COC(=O)[C@@H]1[C@@H](CCCB2OC(C)(C)C(C)(C)O2)CCN1OC(=O)c1ccccc1. The summed E-state index contributed by atoms with van der Waals surface area (Å²) < 4.78 is 17.1. The van der Waals surface area contributed by atoms with Crippen molar-refractivity contribution in [1.82, 2.24) is 5.06 Å². The maximum atomic E-state index is 12.4. The van der Waals surface area contributed by atoms with Crippen molar-refractivity contribution in [3.05, 3.63) is 35.9 Å². The molecule has 2 aliphatic heterocycles. The van der Waals surface area contributed by atoms with E-state index in [1.807, 2.05) is 33.8 Å². The number of methoxy groups -OCH3 is 1. The summed E-state index contributed by atoms with van der Waals surface area (Å²) >= 11 is 0. The Morgan fingerprint density at radius 1 is 1.13 bits per heavy atom. The van der Waals surface area contributed by atoms with Crippen LogP contribution in [0.2, 0.25) is 6.32 Å². The van der Waals surface area contributed by atoms with Crippen LogP contribution >= 0.6 is 0 Å². The first kappa shape index (κ1) is 22.8. The fraction of sp³-hybridized carbons (Fsp3) is 0.636. The van der Waals surface area contributed by atoms with Crippen LogP contribution in [0.1, 0.15) is 57.3 Å². The van der Waals surface area contributed by atoms with Crippen molar-refractivity contribution in [2.45, 2.75) is 70.5 Å². The molecule has 1 aromatic carbocycles. The van der Waals surface area contributed by atoms with E-state index < -0.39 is 12.0 Å². The molecule has 0 amide bonds. The molecule has 0 aliphatic carbocycles. The molecule has 2 heterocycles. The monoisotopic (exact) mass is 417 g/mol. The Bertz CT molecular complexity index is 737. The summed E-state index contributed by atoms with van der Waals surface area (Å²) in [7, 11) is 1.11. The highest BCUT2D eigenvalue weighted by molar-refractivity contribution is 6.45. The van der Waals surface area contributed by atoms with Gasteiger partial charge in [-0.2, -0.15) is 0 Å². The maximum absolute atomic E-state index is 12.4. The van der Waals surface area contributed by atoms with Gasteiger partial charge in [0.15, 0.2) is 0 Å². The molecule has 164 valence electrons. The normalized spacial score (nSPS) is 25.3. The van der Waals surface area contributed by atoms with Crippen molar-refractivity contribution in [2.75, 3.05) is 13.7 Å². The van der Waals surface area contributed by atoms with Crippen molar-refractivity contribution >= 4 is 19.1 Å². The van der Waals surface area contributed by atoms with E-state index in [1.54, 1.807) is 24.3 Å². The smallest absolute Gasteiger partial charge is 0.457 e. The van der Waals surface area contributed by atoms with Crippen LogP contribution < -0.4 is 0 Å². The number of ether oxygens (including phenoxy) is 1. The maximum Gasteiger partial charge on any atom is 0.457 e. The fourth-order valence-corrected chi connectivity index (χ4v) is 4.02. The Kier molecular flexibility index (Phi) is 6.89. The third-order valence-electron chi connectivity index (χ3n) is 6.45. The van der Waals surface area contributed by atoms with E-state index in [0.29, 0.717) is 12.1 Å². The molecule has 0 saturated carbocycles. The van der Waals surface area contributed by atoms with Crippen molar-refractivity contribution in [2.24, 2.45) is 5.92 Å². The summed E-state index contributed by atoms with van der Waals surface area (Å²) in [6, 6.07) is 8.16. The lowest BCUT2D eigenvalue weighted by Gasteiger charge is -2.32. The van der Waals surface area contributed by atoms with Crippen molar-refractivity contribution in [3.63, 3.8) is 0 Å². The van der Waals surface area contributed by atoms with Gasteiger partial charge in [-0.1, -0.05) is 24.6 Å². The van der Waals surface area contributed by atoms with Crippen LogP contribution in [-0.2, 0) is 23.7 Å².